The molecule has 0 bridgehead atoms. The Kier molecular flexibility index (Phi) is 22.6. The quantitative estimate of drug-likeness (QED) is 0.0320. The van der Waals surface area contributed by atoms with Crippen LogP contribution in [0.2, 0.25) is 0 Å². The van der Waals surface area contributed by atoms with E-state index in [4.69, 9.17) is 56.8 Å². The van der Waals surface area contributed by atoms with Crippen LogP contribution in [0.3, 0.4) is 0 Å². The summed E-state index contributed by atoms with van der Waals surface area (Å²) in [6, 6.07) is 6.69. The number of carboxylic acids is 1. The molecular formula is C69H102O31. The van der Waals surface area contributed by atoms with Gasteiger partial charge in [-0.3, -0.25) is 9.59 Å². The number of rotatable bonds is 18. The number of methoxy groups -OCH3 is 1. The van der Waals surface area contributed by atoms with E-state index in [9.17, 15) is 91.3 Å². The molecule has 0 amide bonds. The van der Waals surface area contributed by atoms with Crippen molar-refractivity contribution < 1.29 is 153 Å². The predicted octanol–water partition coefficient (Wildman–Crippen LogP) is -2.24. The molecule has 11 rings (SSSR count). The molecule has 34 atom stereocenters. The molecule has 4 saturated carbocycles. The van der Waals surface area contributed by atoms with Crippen LogP contribution in [0.1, 0.15) is 112 Å². The van der Waals surface area contributed by atoms with Gasteiger partial charge in [0.1, 0.15) is 103 Å². The largest absolute Gasteiger partial charge is 0.497 e. The summed E-state index contributed by atoms with van der Waals surface area (Å²) in [5, 5.41) is 177. The molecule has 5 aliphatic carbocycles. The Morgan fingerprint density at radius 2 is 1.16 bits per heavy atom. The van der Waals surface area contributed by atoms with E-state index in [0.717, 1.165) is 11.6 Å². The topological polar surface area (TPSA) is 486 Å². The first-order valence-corrected chi connectivity index (χ1v) is 34.6. The lowest BCUT2D eigenvalue weighted by Gasteiger charge is -2.71. The summed E-state index contributed by atoms with van der Waals surface area (Å²) in [5.74, 6) is -4.18. The maximum absolute atomic E-state index is 16.0. The van der Waals surface area contributed by atoms with E-state index in [1.165, 1.54) is 34.0 Å². The average molecular weight is 1430 g/mol. The maximum atomic E-state index is 16.0. The number of hydrogen-bond acceptors (Lipinski definition) is 30. The van der Waals surface area contributed by atoms with Gasteiger partial charge in [0.05, 0.1) is 62.7 Å². The average Bonchev–Trinajstić information content (AvgIpc) is 0.669. The summed E-state index contributed by atoms with van der Waals surface area (Å²) in [6.45, 7) is 10.1. The van der Waals surface area contributed by atoms with Gasteiger partial charge in [0, 0.05) is 11.5 Å². The van der Waals surface area contributed by atoms with Gasteiger partial charge in [0.15, 0.2) is 37.4 Å². The van der Waals surface area contributed by atoms with Crippen LogP contribution in [-0.4, -0.2) is 293 Å². The predicted molar refractivity (Wildman–Crippen MR) is 337 cm³/mol. The van der Waals surface area contributed by atoms with Crippen LogP contribution in [0, 0.1) is 50.2 Å². The van der Waals surface area contributed by atoms with Crippen LogP contribution >= 0.6 is 0 Å². The van der Waals surface area contributed by atoms with Crippen molar-refractivity contribution in [3.63, 3.8) is 0 Å². The fourth-order valence-electron chi connectivity index (χ4n) is 19.0. The molecule has 10 aliphatic rings. The van der Waals surface area contributed by atoms with Gasteiger partial charge in [-0.1, -0.05) is 51.5 Å². The highest BCUT2D eigenvalue weighted by atomic mass is 16.8. The van der Waals surface area contributed by atoms with Crippen LogP contribution in [0.5, 0.6) is 5.75 Å². The van der Waals surface area contributed by atoms with E-state index in [1.54, 1.807) is 24.3 Å². The van der Waals surface area contributed by atoms with Crippen LogP contribution in [0.15, 0.2) is 42.0 Å². The van der Waals surface area contributed by atoms with Crippen molar-refractivity contribution in [3.05, 3.63) is 47.6 Å². The van der Waals surface area contributed by atoms with Crippen molar-refractivity contribution >= 4 is 24.0 Å². The summed E-state index contributed by atoms with van der Waals surface area (Å²) in [7, 11) is 1.49. The molecule has 0 spiro atoms. The number of hydrogen-bond donors (Lipinski definition) is 16. The Morgan fingerprint density at radius 3 is 1.77 bits per heavy atom. The molecule has 0 radical (unpaired) electrons. The van der Waals surface area contributed by atoms with E-state index in [0.29, 0.717) is 37.0 Å². The number of esters is 2. The first-order chi connectivity index (χ1) is 47.1. The number of carbonyl (C=O) groups is 3. The zero-order valence-electron chi connectivity index (χ0n) is 57.3. The minimum Gasteiger partial charge on any atom is -0.497 e. The molecule has 5 aliphatic heterocycles. The summed E-state index contributed by atoms with van der Waals surface area (Å²) in [4.78, 5) is 43.9. The van der Waals surface area contributed by atoms with Crippen molar-refractivity contribution in [2.45, 2.75) is 266 Å². The van der Waals surface area contributed by atoms with Crippen molar-refractivity contribution in [3.8, 4) is 5.75 Å². The number of benzene rings is 1. The summed E-state index contributed by atoms with van der Waals surface area (Å²) >= 11 is 0. The van der Waals surface area contributed by atoms with Gasteiger partial charge in [-0.05, 0) is 136 Å². The molecule has 31 nitrogen and oxygen atoms in total. The highest BCUT2D eigenvalue weighted by Gasteiger charge is 2.74. The monoisotopic (exact) mass is 1430 g/mol. The van der Waals surface area contributed by atoms with E-state index in [-0.39, 0.29) is 50.0 Å². The molecule has 1 aromatic rings. The molecule has 564 valence electrons. The molecule has 0 aromatic heterocycles. The summed E-state index contributed by atoms with van der Waals surface area (Å²) < 4.78 is 71.5. The minimum absolute atomic E-state index is 0.00508. The summed E-state index contributed by atoms with van der Waals surface area (Å²) in [5.41, 5.74) is -4.96. The van der Waals surface area contributed by atoms with Gasteiger partial charge in [-0.2, -0.15) is 0 Å². The number of ether oxygens (including phenoxy) is 12. The lowest BCUT2D eigenvalue weighted by atomic mass is 9.33. The number of aliphatic hydroxyl groups is 15. The Balaban J connectivity index is 0.857. The lowest BCUT2D eigenvalue weighted by molar-refractivity contribution is -0.378. The van der Waals surface area contributed by atoms with E-state index >= 15 is 4.79 Å². The molecular weight excluding hydrogens is 1320 g/mol. The third kappa shape index (κ3) is 13.3. The van der Waals surface area contributed by atoms with Crippen molar-refractivity contribution in [1.82, 2.24) is 0 Å². The Morgan fingerprint density at radius 1 is 0.580 bits per heavy atom. The van der Waals surface area contributed by atoms with Gasteiger partial charge >= 0.3 is 17.9 Å². The number of aliphatic hydroxyl groups excluding tert-OH is 15. The molecule has 16 N–H and O–H groups in total. The number of fused-ring (bicyclic) bond motifs is 7. The molecule has 1 aromatic carbocycles. The highest BCUT2D eigenvalue weighted by Crippen LogP contribution is 2.76. The van der Waals surface area contributed by atoms with Crippen LogP contribution in [0.4, 0.5) is 0 Å². The lowest BCUT2D eigenvalue weighted by Crippen LogP contribution is -2.71. The minimum atomic E-state index is -2.08. The molecule has 5 saturated heterocycles. The van der Waals surface area contributed by atoms with Gasteiger partial charge in [0.2, 0.25) is 6.29 Å². The molecule has 5 heterocycles. The van der Waals surface area contributed by atoms with Gasteiger partial charge < -0.3 is 139 Å². The third-order valence-corrected chi connectivity index (χ3v) is 24.9. The maximum Gasteiger partial charge on any atom is 0.331 e. The van der Waals surface area contributed by atoms with Gasteiger partial charge in [0.25, 0.3) is 0 Å². The van der Waals surface area contributed by atoms with Crippen LogP contribution in [0.25, 0.3) is 6.08 Å². The standard InChI is InChI=1S/C69H102O31/c1-29-42(75)54(96-41(74)16-11-31-9-12-32(89-8)13-10-31)55(98-58-52(85)48(81)53(30(2)92-58)97-57-49(82)45(78)38(27-90-57)95-59-50(83)46(79)43(76)36(25-70)93-59)61(91-29)100-63(88)68-20-19-64(3,4)23-34(68)33-14-15-39-65(5)24-35(73)56(99-60-51(84)47(80)44(77)37(26-71)94-60)67(7,62(86)87)40(65)17-18-66(39,6)69(33,28-72)22-21-68/h9-14,16,29-30,34-40,42-61,70-73,75-85H,15,17-28H2,1-8H3,(H,86,87)/b16-11+/t29-,30+,34+,35+,36-,37-,38-,39?,40?,42+,43+,44-,45+,46+,47+,48+,49-,50-,51-,52-,53+,54+,55-,56+,57+,58+,59+,60+,61+,65-,66-,67+,68+,69+/m1/s1. The third-order valence-electron chi connectivity index (χ3n) is 24.9. The normalized spacial score (nSPS) is 49.4. The molecule has 100 heavy (non-hydrogen) atoms. The summed E-state index contributed by atoms with van der Waals surface area (Å²) in [6.07, 6.45) is -36.9. The van der Waals surface area contributed by atoms with Crippen LogP contribution < -0.4 is 4.74 Å². The zero-order valence-corrected chi connectivity index (χ0v) is 57.3. The van der Waals surface area contributed by atoms with Crippen molar-refractivity contribution in [2.75, 3.05) is 33.5 Å². The molecule has 2 unspecified atom stereocenters. The fourth-order valence-corrected chi connectivity index (χ4v) is 19.0. The second-order valence-electron chi connectivity index (χ2n) is 31.0. The van der Waals surface area contributed by atoms with E-state index in [2.05, 4.69) is 26.8 Å². The smallest absolute Gasteiger partial charge is 0.331 e. The first kappa shape index (κ1) is 77.1. The van der Waals surface area contributed by atoms with E-state index in [1.807, 2.05) is 6.92 Å². The zero-order chi connectivity index (χ0) is 72.8. The second kappa shape index (κ2) is 29.4. The molecule has 9 fully saturated rings. The number of aliphatic carboxylic acids is 1. The van der Waals surface area contributed by atoms with Crippen molar-refractivity contribution in [2.24, 2.45) is 50.2 Å². The Bertz CT molecular complexity index is 3100. The van der Waals surface area contributed by atoms with Gasteiger partial charge in [-0.25, -0.2) is 4.79 Å². The Hall–Kier alpha value is -4.05. The number of carbonyl (C=O) groups excluding carboxylic acids is 2. The van der Waals surface area contributed by atoms with Gasteiger partial charge in [-0.15, -0.1) is 0 Å². The fraction of sp³-hybridized carbons (Fsp3) is 0.812. The molecule has 31 heteroatoms. The number of allylic oxidation sites excluding steroid dienone is 1. The van der Waals surface area contributed by atoms with E-state index < -0.39 is 236 Å². The number of carboxylic acid groups (broad SMARTS) is 1. The Labute approximate surface area is 578 Å². The first-order valence-electron chi connectivity index (χ1n) is 34.6. The highest BCUT2D eigenvalue weighted by molar-refractivity contribution is 5.87. The SMILES string of the molecule is COc1ccc(/C=C/C(=O)O[C@H]2[C@@H](O)[C@@H](C)O[C@@H](OC(=O)[C@]34CCC(C)(C)C[C@H]3C3=CCC5[C@@]6(C)C[C@H](O)[C@H](O[C@@H]7O[C@H](CO)[C@@H](O)[C@H](O)[C@H]7O)[C@@](C)(C(=O)O)C6CC[C@@]5(C)[C@]3(CO)CC4)[C@@H]2O[C@@H]2O[C@@H](C)[C@H](O[C@@H]3OC[C@@H](O[C@@H]4O[C@H](CO)[C@H](O)[C@H](O)[C@H]4O)[C@H](O)[C@H]3O)[C@@H](O)[C@H]2O)cc1. The van der Waals surface area contributed by atoms with Crippen LogP contribution in [-0.2, 0) is 66.5 Å². The second-order valence-corrected chi connectivity index (χ2v) is 31.0. The van der Waals surface area contributed by atoms with Crippen molar-refractivity contribution in [1.29, 1.82) is 0 Å².